The highest BCUT2D eigenvalue weighted by atomic mass is 16.5. The molecule has 0 aliphatic heterocycles. The Morgan fingerprint density at radius 3 is 1.45 bits per heavy atom. The summed E-state index contributed by atoms with van der Waals surface area (Å²) >= 11 is 0. The quantitative estimate of drug-likeness (QED) is 0.498. The molecule has 2 aromatic carbocycles. The third-order valence-electron chi connectivity index (χ3n) is 2.82. The standard InChI is InChI=1S/C16H16N2O4/c17-11-5-1-3-7-13(11)21-15(19)9-10-16(20)22-14-8-4-2-6-12(14)18/h1-8H,9-10,17-18H2. The summed E-state index contributed by atoms with van der Waals surface area (Å²) in [4.78, 5) is 23.4. The summed E-state index contributed by atoms with van der Waals surface area (Å²) in [6.45, 7) is 0. The Labute approximate surface area is 127 Å². The fourth-order valence-corrected chi connectivity index (χ4v) is 1.70. The molecule has 0 unspecified atom stereocenters. The van der Waals surface area contributed by atoms with Crippen LogP contribution in [0.3, 0.4) is 0 Å². The van der Waals surface area contributed by atoms with E-state index < -0.39 is 11.9 Å². The van der Waals surface area contributed by atoms with Crippen LogP contribution in [-0.4, -0.2) is 11.9 Å². The van der Waals surface area contributed by atoms with Gasteiger partial charge < -0.3 is 20.9 Å². The van der Waals surface area contributed by atoms with Gasteiger partial charge in [0.05, 0.1) is 24.2 Å². The molecular weight excluding hydrogens is 284 g/mol. The number of para-hydroxylation sites is 4. The Hall–Kier alpha value is -3.02. The summed E-state index contributed by atoms with van der Waals surface area (Å²) in [6, 6.07) is 13.3. The van der Waals surface area contributed by atoms with Crippen molar-refractivity contribution in [3.05, 3.63) is 48.5 Å². The molecule has 0 saturated carbocycles. The van der Waals surface area contributed by atoms with Crippen molar-refractivity contribution in [3.63, 3.8) is 0 Å². The molecule has 6 nitrogen and oxygen atoms in total. The van der Waals surface area contributed by atoms with Crippen LogP contribution < -0.4 is 20.9 Å². The Kier molecular flexibility index (Phi) is 4.98. The van der Waals surface area contributed by atoms with Crippen LogP contribution in [0, 0.1) is 0 Å². The van der Waals surface area contributed by atoms with Gasteiger partial charge in [-0.2, -0.15) is 0 Å². The number of esters is 2. The first kappa shape index (κ1) is 15.4. The summed E-state index contributed by atoms with van der Waals surface area (Å²) in [7, 11) is 0. The maximum absolute atomic E-state index is 11.7. The lowest BCUT2D eigenvalue weighted by Crippen LogP contribution is -2.15. The normalized spacial score (nSPS) is 10.0. The van der Waals surface area contributed by atoms with Gasteiger partial charge in [0.15, 0.2) is 11.5 Å². The molecule has 22 heavy (non-hydrogen) atoms. The van der Waals surface area contributed by atoms with Gasteiger partial charge in [0.1, 0.15) is 0 Å². The Bertz CT molecular complexity index is 626. The molecule has 2 rings (SSSR count). The van der Waals surface area contributed by atoms with Crippen molar-refractivity contribution in [1.82, 2.24) is 0 Å². The summed E-state index contributed by atoms with van der Waals surface area (Å²) in [5.41, 5.74) is 12.0. The SMILES string of the molecule is Nc1ccccc1OC(=O)CCC(=O)Oc1ccccc1N. The zero-order valence-corrected chi connectivity index (χ0v) is 11.8. The van der Waals surface area contributed by atoms with E-state index in [-0.39, 0.29) is 24.3 Å². The second-order valence-corrected chi connectivity index (χ2v) is 4.52. The zero-order chi connectivity index (χ0) is 15.9. The highest BCUT2D eigenvalue weighted by Gasteiger charge is 2.13. The molecule has 6 heteroatoms. The lowest BCUT2D eigenvalue weighted by atomic mass is 10.3. The molecule has 4 N–H and O–H groups in total. The number of nitrogen functional groups attached to an aromatic ring is 2. The molecule has 0 saturated heterocycles. The van der Waals surface area contributed by atoms with Crippen molar-refractivity contribution in [3.8, 4) is 11.5 Å². The molecular formula is C16H16N2O4. The van der Waals surface area contributed by atoms with Crippen molar-refractivity contribution >= 4 is 23.3 Å². The number of nitrogens with two attached hydrogens (primary N) is 2. The van der Waals surface area contributed by atoms with Gasteiger partial charge in [-0.15, -0.1) is 0 Å². The average Bonchev–Trinajstić information content (AvgIpc) is 2.50. The Balaban J connectivity index is 1.82. The van der Waals surface area contributed by atoms with Gasteiger partial charge in [-0.3, -0.25) is 9.59 Å². The summed E-state index contributed by atoms with van der Waals surface area (Å²) in [5.74, 6) is -0.576. The number of anilines is 2. The second kappa shape index (κ2) is 7.12. The van der Waals surface area contributed by atoms with Gasteiger partial charge in [-0.05, 0) is 24.3 Å². The number of benzene rings is 2. The number of rotatable bonds is 5. The van der Waals surface area contributed by atoms with Crippen molar-refractivity contribution in [2.75, 3.05) is 11.5 Å². The van der Waals surface area contributed by atoms with E-state index in [0.717, 1.165) is 0 Å². The van der Waals surface area contributed by atoms with Gasteiger partial charge in [-0.25, -0.2) is 0 Å². The van der Waals surface area contributed by atoms with E-state index in [1.807, 2.05) is 0 Å². The first-order valence-corrected chi connectivity index (χ1v) is 6.66. The molecule has 0 aliphatic rings. The predicted octanol–water partition coefficient (Wildman–Crippen LogP) is 2.14. The number of hydrogen-bond donors (Lipinski definition) is 2. The molecule has 0 aliphatic carbocycles. The lowest BCUT2D eigenvalue weighted by molar-refractivity contribution is -0.140. The minimum atomic E-state index is -0.559. The highest BCUT2D eigenvalue weighted by molar-refractivity contribution is 5.81. The van der Waals surface area contributed by atoms with Gasteiger partial charge in [0.25, 0.3) is 0 Å². The minimum absolute atomic E-state index is 0.111. The number of ether oxygens (including phenoxy) is 2. The van der Waals surface area contributed by atoms with E-state index in [4.69, 9.17) is 20.9 Å². The molecule has 0 heterocycles. The van der Waals surface area contributed by atoms with Crippen molar-refractivity contribution < 1.29 is 19.1 Å². The number of hydrogen-bond acceptors (Lipinski definition) is 6. The lowest BCUT2D eigenvalue weighted by Gasteiger charge is -2.08. The van der Waals surface area contributed by atoms with Crippen molar-refractivity contribution in [2.24, 2.45) is 0 Å². The fraction of sp³-hybridized carbons (Fsp3) is 0.125. The molecule has 0 bridgehead atoms. The first-order chi connectivity index (χ1) is 10.6. The maximum Gasteiger partial charge on any atom is 0.311 e. The van der Waals surface area contributed by atoms with Gasteiger partial charge in [0, 0.05) is 0 Å². The van der Waals surface area contributed by atoms with Crippen LogP contribution >= 0.6 is 0 Å². The third-order valence-corrected chi connectivity index (χ3v) is 2.82. The number of carbonyl (C=O) groups is 2. The molecule has 0 amide bonds. The zero-order valence-electron chi connectivity index (χ0n) is 11.8. The Morgan fingerprint density at radius 1 is 0.727 bits per heavy atom. The van der Waals surface area contributed by atoms with Crippen LogP contribution in [0.4, 0.5) is 11.4 Å². The van der Waals surface area contributed by atoms with E-state index in [1.54, 1.807) is 48.5 Å². The molecule has 0 fully saturated rings. The van der Waals surface area contributed by atoms with Gasteiger partial charge in [-0.1, -0.05) is 24.3 Å². The minimum Gasteiger partial charge on any atom is -0.424 e. The molecule has 0 aromatic heterocycles. The van der Waals surface area contributed by atoms with Crippen LogP contribution in [0.15, 0.2) is 48.5 Å². The fourth-order valence-electron chi connectivity index (χ4n) is 1.70. The van der Waals surface area contributed by atoms with Gasteiger partial charge >= 0.3 is 11.9 Å². The van der Waals surface area contributed by atoms with Crippen molar-refractivity contribution in [1.29, 1.82) is 0 Å². The van der Waals surface area contributed by atoms with E-state index in [9.17, 15) is 9.59 Å². The third kappa shape index (κ3) is 4.24. The topological polar surface area (TPSA) is 105 Å². The molecule has 0 radical (unpaired) electrons. The average molecular weight is 300 g/mol. The molecule has 0 spiro atoms. The van der Waals surface area contributed by atoms with Crippen LogP contribution in [-0.2, 0) is 9.59 Å². The van der Waals surface area contributed by atoms with E-state index in [0.29, 0.717) is 11.4 Å². The smallest absolute Gasteiger partial charge is 0.311 e. The summed E-state index contributed by atoms with van der Waals surface area (Å²) < 4.78 is 10.1. The second-order valence-electron chi connectivity index (χ2n) is 4.52. The van der Waals surface area contributed by atoms with E-state index in [1.165, 1.54) is 0 Å². The monoisotopic (exact) mass is 300 g/mol. The summed E-state index contributed by atoms with van der Waals surface area (Å²) in [5, 5.41) is 0. The molecule has 114 valence electrons. The largest absolute Gasteiger partial charge is 0.424 e. The Morgan fingerprint density at radius 2 is 1.09 bits per heavy atom. The number of carbonyl (C=O) groups excluding carboxylic acids is 2. The van der Waals surface area contributed by atoms with Crippen LogP contribution in [0.1, 0.15) is 12.8 Å². The highest BCUT2D eigenvalue weighted by Crippen LogP contribution is 2.22. The van der Waals surface area contributed by atoms with E-state index in [2.05, 4.69) is 0 Å². The predicted molar refractivity (Wildman–Crippen MR) is 82.2 cm³/mol. The van der Waals surface area contributed by atoms with Crippen LogP contribution in [0.2, 0.25) is 0 Å². The van der Waals surface area contributed by atoms with E-state index >= 15 is 0 Å². The summed E-state index contributed by atoms with van der Waals surface area (Å²) in [6.07, 6.45) is -0.222. The molecule has 2 aromatic rings. The maximum atomic E-state index is 11.7. The van der Waals surface area contributed by atoms with Gasteiger partial charge in [0.2, 0.25) is 0 Å². The van der Waals surface area contributed by atoms with Crippen molar-refractivity contribution in [2.45, 2.75) is 12.8 Å². The van der Waals surface area contributed by atoms with Crippen LogP contribution in [0.5, 0.6) is 11.5 Å². The first-order valence-electron chi connectivity index (χ1n) is 6.66. The molecule has 0 atom stereocenters. The van der Waals surface area contributed by atoms with Crippen LogP contribution in [0.25, 0.3) is 0 Å².